The van der Waals surface area contributed by atoms with E-state index < -0.39 is 5.82 Å². The SMILES string of the molecule is Oc1n[c]nc2cccc(F)c12. The van der Waals surface area contributed by atoms with Gasteiger partial charge in [0.05, 0.1) is 10.9 Å². The molecule has 2 aromatic rings. The van der Waals surface area contributed by atoms with Crippen molar-refractivity contribution in [1.29, 1.82) is 0 Å². The molecule has 0 unspecified atom stereocenters. The number of benzene rings is 1. The third-order valence-electron chi connectivity index (χ3n) is 1.54. The molecule has 0 amide bonds. The van der Waals surface area contributed by atoms with Crippen LogP contribution in [0.15, 0.2) is 18.2 Å². The van der Waals surface area contributed by atoms with Gasteiger partial charge in [0.1, 0.15) is 5.82 Å². The third-order valence-corrected chi connectivity index (χ3v) is 1.54. The van der Waals surface area contributed by atoms with Gasteiger partial charge in [-0.1, -0.05) is 6.07 Å². The van der Waals surface area contributed by atoms with Crippen molar-refractivity contribution < 1.29 is 9.50 Å². The minimum absolute atomic E-state index is 0.0382. The van der Waals surface area contributed by atoms with Gasteiger partial charge in [0, 0.05) is 0 Å². The summed E-state index contributed by atoms with van der Waals surface area (Å²) in [5, 5.41) is 9.17. The predicted octanol–water partition coefficient (Wildman–Crippen LogP) is 1.27. The molecule has 12 heavy (non-hydrogen) atoms. The summed E-state index contributed by atoms with van der Waals surface area (Å²) in [6, 6.07) is 4.33. The van der Waals surface area contributed by atoms with Crippen LogP contribution in [0.5, 0.6) is 5.88 Å². The van der Waals surface area contributed by atoms with E-state index >= 15 is 0 Å². The normalized spacial score (nSPS) is 10.4. The van der Waals surface area contributed by atoms with Crippen molar-refractivity contribution in [1.82, 2.24) is 9.97 Å². The fourth-order valence-corrected chi connectivity index (χ4v) is 1.01. The van der Waals surface area contributed by atoms with E-state index in [0.29, 0.717) is 5.52 Å². The van der Waals surface area contributed by atoms with Gasteiger partial charge in [-0.2, -0.15) is 4.98 Å². The van der Waals surface area contributed by atoms with E-state index in [1.807, 2.05) is 0 Å². The number of fused-ring (bicyclic) bond motifs is 1. The summed E-state index contributed by atoms with van der Waals surface area (Å²) in [7, 11) is 0. The molecule has 0 saturated heterocycles. The molecule has 0 fully saturated rings. The Balaban J connectivity index is 2.96. The van der Waals surface area contributed by atoms with Crippen molar-refractivity contribution in [2.75, 3.05) is 0 Å². The lowest BCUT2D eigenvalue weighted by molar-refractivity contribution is 0.456. The second-order valence-corrected chi connectivity index (χ2v) is 2.28. The minimum Gasteiger partial charge on any atom is -0.493 e. The molecule has 0 aliphatic heterocycles. The molecule has 59 valence electrons. The van der Waals surface area contributed by atoms with Gasteiger partial charge < -0.3 is 5.11 Å². The van der Waals surface area contributed by atoms with Gasteiger partial charge in [-0.05, 0) is 12.1 Å². The van der Waals surface area contributed by atoms with Crippen molar-refractivity contribution in [3.05, 3.63) is 30.3 Å². The Morgan fingerprint density at radius 2 is 2.17 bits per heavy atom. The molecule has 0 spiro atoms. The van der Waals surface area contributed by atoms with E-state index in [2.05, 4.69) is 16.3 Å². The summed E-state index contributed by atoms with van der Waals surface area (Å²) in [6.45, 7) is 0. The lowest BCUT2D eigenvalue weighted by Gasteiger charge is -1.97. The predicted molar refractivity (Wildman–Crippen MR) is 40.0 cm³/mol. The zero-order chi connectivity index (χ0) is 8.55. The summed E-state index contributed by atoms with van der Waals surface area (Å²) in [6.07, 6.45) is 2.21. The number of hydrogen-bond donors (Lipinski definition) is 1. The van der Waals surface area contributed by atoms with Crippen molar-refractivity contribution >= 4 is 10.9 Å². The number of aromatic nitrogens is 2. The van der Waals surface area contributed by atoms with Crippen LogP contribution in [0.3, 0.4) is 0 Å². The molecule has 1 heterocycles. The van der Waals surface area contributed by atoms with E-state index in [1.54, 1.807) is 6.07 Å². The van der Waals surface area contributed by atoms with Crippen LogP contribution in [0.25, 0.3) is 10.9 Å². The average Bonchev–Trinajstić information content (AvgIpc) is 2.04. The van der Waals surface area contributed by atoms with Crippen LogP contribution in [0, 0.1) is 12.1 Å². The Hall–Kier alpha value is -1.71. The lowest BCUT2D eigenvalue weighted by atomic mass is 10.2. The summed E-state index contributed by atoms with van der Waals surface area (Å²) >= 11 is 0. The molecule has 0 bridgehead atoms. The van der Waals surface area contributed by atoms with E-state index in [0.717, 1.165) is 0 Å². The van der Waals surface area contributed by atoms with Crippen molar-refractivity contribution in [3.63, 3.8) is 0 Å². The molecule has 2 rings (SSSR count). The minimum atomic E-state index is -0.529. The highest BCUT2D eigenvalue weighted by Crippen LogP contribution is 2.21. The third kappa shape index (κ3) is 0.887. The van der Waals surface area contributed by atoms with Gasteiger partial charge in [0.2, 0.25) is 12.2 Å². The van der Waals surface area contributed by atoms with Crippen LogP contribution >= 0.6 is 0 Å². The molecule has 1 aromatic carbocycles. The van der Waals surface area contributed by atoms with E-state index in [-0.39, 0.29) is 11.3 Å². The highest BCUT2D eigenvalue weighted by atomic mass is 19.1. The fourth-order valence-electron chi connectivity index (χ4n) is 1.01. The van der Waals surface area contributed by atoms with Crippen LogP contribution < -0.4 is 0 Å². The van der Waals surface area contributed by atoms with Crippen molar-refractivity contribution in [2.45, 2.75) is 0 Å². The molecule has 1 N–H and O–H groups in total. The quantitative estimate of drug-likeness (QED) is 0.636. The first-order chi connectivity index (χ1) is 5.79. The molecule has 1 aromatic heterocycles. The van der Waals surface area contributed by atoms with Crippen LogP contribution in [0.1, 0.15) is 0 Å². The summed E-state index contributed by atoms with van der Waals surface area (Å²) in [5.41, 5.74) is 0.350. The standard InChI is InChI=1S/C8H4FN2O/c9-5-2-1-3-6-7(5)8(12)11-4-10-6/h1-3H,(H,10,11,12). The second kappa shape index (κ2) is 2.41. The Bertz CT molecular complexity index is 394. The summed E-state index contributed by atoms with van der Waals surface area (Å²) in [5.74, 6) is -0.905. The first-order valence-electron chi connectivity index (χ1n) is 3.30. The Morgan fingerprint density at radius 1 is 1.33 bits per heavy atom. The molecule has 0 aliphatic carbocycles. The highest BCUT2D eigenvalue weighted by Gasteiger charge is 2.06. The second-order valence-electron chi connectivity index (χ2n) is 2.28. The van der Waals surface area contributed by atoms with E-state index in [4.69, 9.17) is 5.11 Å². The smallest absolute Gasteiger partial charge is 0.225 e. The maximum atomic E-state index is 13.0. The molecule has 3 nitrogen and oxygen atoms in total. The number of hydrogen-bond acceptors (Lipinski definition) is 3. The molecule has 4 heteroatoms. The summed E-state index contributed by atoms with van der Waals surface area (Å²) < 4.78 is 13.0. The Labute approximate surface area is 67.5 Å². The molecule has 0 saturated carbocycles. The first kappa shape index (κ1) is 6.97. The van der Waals surface area contributed by atoms with Crippen molar-refractivity contribution in [2.24, 2.45) is 0 Å². The monoisotopic (exact) mass is 163 g/mol. The zero-order valence-corrected chi connectivity index (χ0v) is 5.95. The first-order valence-corrected chi connectivity index (χ1v) is 3.30. The van der Waals surface area contributed by atoms with Gasteiger partial charge in [-0.15, -0.1) is 0 Å². The molecular weight excluding hydrogens is 159 g/mol. The maximum absolute atomic E-state index is 13.0. The van der Waals surface area contributed by atoms with Crippen LogP contribution in [-0.4, -0.2) is 15.1 Å². The van der Waals surface area contributed by atoms with E-state index in [9.17, 15) is 4.39 Å². The molecule has 1 radical (unpaired) electrons. The number of nitrogens with zero attached hydrogens (tertiary/aromatic N) is 2. The number of rotatable bonds is 0. The Morgan fingerprint density at radius 3 is 2.92 bits per heavy atom. The molecule has 0 atom stereocenters. The number of aromatic hydroxyl groups is 1. The lowest BCUT2D eigenvalue weighted by Crippen LogP contribution is -1.86. The van der Waals surface area contributed by atoms with Crippen LogP contribution in [0.4, 0.5) is 4.39 Å². The van der Waals surface area contributed by atoms with Gasteiger partial charge in [-0.3, -0.25) is 0 Å². The van der Waals surface area contributed by atoms with Crippen LogP contribution in [0.2, 0.25) is 0 Å². The number of halogens is 1. The largest absolute Gasteiger partial charge is 0.493 e. The van der Waals surface area contributed by atoms with Gasteiger partial charge >= 0.3 is 0 Å². The van der Waals surface area contributed by atoms with Crippen LogP contribution in [-0.2, 0) is 0 Å². The zero-order valence-electron chi connectivity index (χ0n) is 5.95. The highest BCUT2D eigenvalue weighted by molar-refractivity contribution is 5.83. The topological polar surface area (TPSA) is 46.0 Å². The average molecular weight is 163 g/mol. The summed E-state index contributed by atoms with van der Waals surface area (Å²) in [4.78, 5) is 7.01. The molecular formula is C8H4FN2O. The molecule has 0 aliphatic rings. The van der Waals surface area contributed by atoms with Gasteiger partial charge in [-0.25, -0.2) is 9.37 Å². The van der Waals surface area contributed by atoms with Gasteiger partial charge in [0.15, 0.2) is 0 Å². The Kier molecular flexibility index (Phi) is 1.40. The van der Waals surface area contributed by atoms with E-state index in [1.165, 1.54) is 12.1 Å². The van der Waals surface area contributed by atoms with Gasteiger partial charge in [0.25, 0.3) is 0 Å². The fraction of sp³-hybridized carbons (Fsp3) is 0. The van der Waals surface area contributed by atoms with Crippen molar-refractivity contribution in [3.8, 4) is 5.88 Å². The maximum Gasteiger partial charge on any atom is 0.225 e.